The summed E-state index contributed by atoms with van der Waals surface area (Å²) in [6.45, 7) is 11.0. The van der Waals surface area contributed by atoms with Crippen molar-refractivity contribution in [2.45, 2.75) is 67.2 Å². The Morgan fingerprint density at radius 3 is 2.04 bits per heavy atom. The van der Waals surface area contributed by atoms with E-state index in [1.54, 1.807) is 13.8 Å². The minimum atomic E-state index is -0.344. The minimum Gasteiger partial charge on any atom is -0.792 e. The highest BCUT2D eigenvalue weighted by atomic mass is 16.5. The second-order valence-corrected chi connectivity index (χ2v) is 11.9. The molecule has 0 saturated heterocycles. The number of esters is 2. The quantitative estimate of drug-likeness (QED) is 0.236. The maximum absolute atomic E-state index is 12.2. The molecule has 4 aliphatic heterocycles. The second-order valence-electron chi connectivity index (χ2n) is 11.9. The summed E-state index contributed by atoms with van der Waals surface area (Å²) < 4.78 is 9.85. The molecule has 0 spiro atoms. The molecule has 5 heterocycles. The van der Waals surface area contributed by atoms with Crippen molar-refractivity contribution >= 4 is 46.9 Å². The van der Waals surface area contributed by atoms with Crippen molar-refractivity contribution in [3.63, 3.8) is 0 Å². The molecule has 0 aliphatic carbocycles. The van der Waals surface area contributed by atoms with E-state index in [0.29, 0.717) is 80.3 Å². The van der Waals surface area contributed by atoms with Crippen LogP contribution < -0.4 is 16.2 Å². The first-order valence-electron chi connectivity index (χ1n) is 15.6. The first kappa shape index (κ1) is 34.0. The highest BCUT2D eigenvalue weighted by Crippen LogP contribution is 2.36. The predicted octanol–water partition coefficient (Wildman–Crippen LogP) is 4.51. The number of nitrogens with one attached hydrogen (secondary N) is 2. The lowest BCUT2D eigenvalue weighted by atomic mass is 9.96. The van der Waals surface area contributed by atoms with Gasteiger partial charge in [-0.1, -0.05) is 0 Å². The number of aliphatic imine (C=N–C) groups is 3. The number of hydrogen-bond acceptors (Lipinski definition) is 11. The fraction of sp³-hybridized carbons (Fsp3) is 0.333. The summed E-state index contributed by atoms with van der Waals surface area (Å²) >= 11 is 0. The SMILES string of the molecule is COC(=O)CCC1=C(C)C2=NC1=CC1=NC(=CC3=C(C)C(=C(C)N[O-])C(=N3)C=c3[nH]c(c(/C(C)=N/[O-])c3C)=C2)C(C)=C1CCC(=O)OC. The number of nitrogens with zero attached hydrogens (tertiary/aromatic N) is 4. The van der Waals surface area contributed by atoms with E-state index in [1.165, 1.54) is 14.2 Å². The molecular weight excluding hydrogens is 612 g/mol. The van der Waals surface area contributed by atoms with Gasteiger partial charge in [-0.3, -0.25) is 9.59 Å². The Bertz CT molecular complexity index is 2070. The van der Waals surface area contributed by atoms with E-state index in [0.717, 1.165) is 33.4 Å². The van der Waals surface area contributed by atoms with Gasteiger partial charge in [0.15, 0.2) is 0 Å². The number of hydrogen-bond donors (Lipinski definition) is 2. The van der Waals surface area contributed by atoms with Gasteiger partial charge in [0, 0.05) is 40.7 Å². The summed E-state index contributed by atoms with van der Waals surface area (Å²) in [6, 6.07) is 0. The van der Waals surface area contributed by atoms with Crippen LogP contribution in [-0.2, 0) is 19.1 Å². The number of aromatic nitrogens is 1. The van der Waals surface area contributed by atoms with Crippen LogP contribution >= 0.6 is 0 Å². The summed E-state index contributed by atoms with van der Waals surface area (Å²) in [7, 11) is 2.71. The highest BCUT2D eigenvalue weighted by molar-refractivity contribution is 6.26. The number of carbonyl (C=O) groups excluding carboxylic acids is 2. The molecule has 4 aliphatic rings. The molecule has 8 bridgehead atoms. The van der Waals surface area contributed by atoms with Gasteiger partial charge in [0.2, 0.25) is 0 Å². The topological polar surface area (TPSA) is 176 Å². The molecular formula is C36H38N6O6-2. The molecule has 48 heavy (non-hydrogen) atoms. The van der Waals surface area contributed by atoms with Crippen molar-refractivity contribution in [3.8, 4) is 0 Å². The summed E-state index contributed by atoms with van der Waals surface area (Å²) in [4.78, 5) is 42.8. The van der Waals surface area contributed by atoms with Crippen LogP contribution in [0.25, 0.3) is 12.2 Å². The van der Waals surface area contributed by atoms with Crippen molar-refractivity contribution in [2.24, 2.45) is 20.1 Å². The van der Waals surface area contributed by atoms with Gasteiger partial charge in [0.05, 0.1) is 53.8 Å². The van der Waals surface area contributed by atoms with E-state index in [-0.39, 0.29) is 24.8 Å². The lowest BCUT2D eigenvalue weighted by Gasteiger charge is -2.14. The molecule has 0 fully saturated rings. The van der Waals surface area contributed by atoms with E-state index >= 15 is 0 Å². The van der Waals surface area contributed by atoms with E-state index in [9.17, 15) is 20.0 Å². The zero-order valence-corrected chi connectivity index (χ0v) is 28.4. The minimum absolute atomic E-state index is 0.153. The standard InChI is InChI=1S/C36H39N6O6/c1-17-23(9-11-33(43)47-7)29-16-30-24(10-12-34(44)48-8)18(2)26(38-30)14-31-36(22(6)42-46)20(4)28(40-31)15-32-35(21(5)41-45)19(3)27(39-32)13-25(17)37-29/h13-16,40-41,46H,9-12H2,1-8H3/q-1/p-1/b25-13?,28-15?,30-16?,31-14?,35-21?,42-22+. The Labute approximate surface area is 278 Å². The number of allylic oxidation sites excluding steroid dienone is 9. The molecule has 5 rings (SSSR count). The van der Waals surface area contributed by atoms with Crippen molar-refractivity contribution in [3.05, 3.63) is 101 Å². The van der Waals surface area contributed by atoms with Crippen LogP contribution in [0.15, 0.2) is 88.5 Å². The number of H-pyrrole nitrogens is 1. The fourth-order valence-corrected chi connectivity index (χ4v) is 6.36. The van der Waals surface area contributed by atoms with Crippen molar-refractivity contribution in [2.75, 3.05) is 14.2 Å². The molecule has 1 aromatic heterocycles. The number of fused-ring (bicyclic) bond motifs is 5. The molecule has 2 N–H and O–H groups in total. The average molecular weight is 651 g/mol. The number of carbonyl (C=O) groups is 2. The van der Waals surface area contributed by atoms with Crippen LogP contribution in [0.3, 0.4) is 0 Å². The number of rotatable bonds is 8. The average Bonchev–Trinajstić information content (AvgIpc) is 3.74. The van der Waals surface area contributed by atoms with Gasteiger partial charge in [-0.25, -0.2) is 15.0 Å². The zero-order chi connectivity index (χ0) is 34.9. The Morgan fingerprint density at radius 1 is 0.792 bits per heavy atom. The third kappa shape index (κ3) is 6.30. The number of aromatic amines is 1. The Hall–Kier alpha value is -5.36. The van der Waals surface area contributed by atoms with E-state index in [4.69, 9.17) is 24.5 Å². The monoisotopic (exact) mass is 650 g/mol. The molecule has 0 radical (unpaired) electrons. The largest absolute Gasteiger partial charge is 0.792 e. The molecule has 0 unspecified atom stereocenters. The molecule has 12 heteroatoms. The van der Waals surface area contributed by atoms with Gasteiger partial charge in [-0.15, -0.1) is 0 Å². The summed E-state index contributed by atoms with van der Waals surface area (Å²) in [5.41, 5.74) is 12.8. The molecule has 0 atom stereocenters. The Balaban J connectivity index is 1.85. The third-order valence-electron chi connectivity index (χ3n) is 9.10. The molecule has 0 amide bonds. The van der Waals surface area contributed by atoms with Crippen LogP contribution in [0.1, 0.15) is 71.4 Å². The van der Waals surface area contributed by atoms with Crippen LogP contribution in [0.2, 0.25) is 0 Å². The lowest BCUT2D eigenvalue weighted by molar-refractivity contribution is -0.141. The second kappa shape index (κ2) is 13.8. The van der Waals surface area contributed by atoms with Gasteiger partial charge in [0.25, 0.3) is 0 Å². The maximum atomic E-state index is 12.2. The molecule has 12 nitrogen and oxygen atoms in total. The van der Waals surface area contributed by atoms with Gasteiger partial charge in [-0.2, -0.15) is 0 Å². The van der Waals surface area contributed by atoms with Crippen molar-refractivity contribution in [1.29, 1.82) is 0 Å². The Morgan fingerprint density at radius 2 is 1.42 bits per heavy atom. The molecule has 1 aromatic rings. The van der Waals surface area contributed by atoms with Crippen LogP contribution in [0.5, 0.6) is 0 Å². The summed E-state index contributed by atoms with van der Waals surface area (Å²) in [5.74, 6) is -0.685. The highest BCUT2D eigenvalue weighted by Gasteiger charge is 2.27. The maximum Gasteiger partial charge on any atom is 0.305 e. The van der Waals surface area contributed by atoms with E-state index in [2.05, 4.69) is 10.1 Å². The summed E-state index contributed by atoms with van der Waals surface area (Å²) in [5, 5.41) is 28.3. The third-order valence-corrected chi connectivity index (χ3v) is 9.10. The number of ether oxygens (including phenoxy) is 2. The van der Waals surface area contributed by atoms with Crippen LogP contribution in [-0.4, -0.2) is 54.0 Å². The fourth-order valence-electron chi connectivity index (χ4n) is 6.36. The molecule has 0 aromatic carbocycles. The number of methoxy groups -OCH3 is 2. The first-order valence-corrected chi connectivity index (χ1v) is 15.6. The van der Waals surface area contributed by atoms with Crippen LogP contribution in [0, 0.1) is 17.3 Å². The number of hydroxylamine groups is 1. The lowest BCUT2D eigenvalue weighted by Crippen LogP contribution is -2.17. The Kier molecular flexibility index (Phi) is 9.76. The zero-order valence-electron chi connectivity index (χ0n) is 28.4. The van der Waals surface area contributed by atoms with E-state index < -0.39 is 0 Å². The molecule has 0 saturated carbocycles. The van der Waals surface area contributed by atoms with Gasteiger partial charge in [-0.05, 0) is 112 Å². The summed E-state index contributed by atoms with van der Waals surface area (Å²) in [6.07, 6.45) is 8.54. The van der Waals surface area contributed by atoms with Gasteiger partial charge >= 0.3 is 11.9 Å². The van der Waals surface area contributed by atoms with Gasteiger partial charge in [0.1, 0.15) is 0 Å². The normalized spacial score (nSPS) is 18.5. The smallest absolute Gasteiger partial charge is 0.305 e. The van der Waals surface area contributed by atoms with Gasteiger partial charge < -0.3 is 35.5 Å². The van der Waals surface area contributed by atoms with Crippen molar-refractivity contribution < 1.29 is 19.1 Å². The van der Waals surface area contributed by atoms with E-state index in [1.807, 2.05) is 57.5 Å². The molecule has 250 valence electrons. The predicted molar refractivity (Wildman–Crippen MR) is 188 cm³/mol. The van der Waals surface area contributed by atoms with Crippen LogP contribution in [0.4, 0.5) is 0 Å². The first-order chi connectivity index (χ1) is 22.9. The van der Waals surface area contributed by atoms with Crippen molar-refractivity contribution in [1.82, 2.24) is 10.5 Å².